The minimum Gasteiger partial charge on any atom is -0.381 e. The first-order valence-corrected chi connectivity index (χ1v) is 5.38. The molecule has 0 amide bonds. The van der Waals surface area contributed by atoms with Gasteiger partial charge in [0.1, 0.15) is 0 Å². The van der Waals surface area contributed by atoms with Crippen LogP contribution in [0, 0.1) is 11.3 Å². The molecule has 0 saturated heterocycles. The Labute approximate surface area is 86.0 Å². The van der Waals surface area contributed by atoms with Gasteiger partial charge in [0.25, 0.3) is 0 Å². The highest BCUT2D eigenvalue weighted by Crippen LogP contribution is 2.23. The van der Waals surface area contributed by atoms with Crippen LogP contribution >= 0.6 is 0 Å². The summed E-state index contributed by atoms with van der Waals surface area (Å²) in [7, 11) is 1.77. The highest BCUT2D eigenvalue weighted by Gasteiger charge is 2.21. The van der Waals surface area contributed by atoms with Gasteiger partial charge in [-0.25, -0.2) is 0 Å². The van der Waals surface area contributed by atoms with E-state index in [9.17, 15) is 0 Å². The Bertz CT molecular complexity index is 188. The molecule has 1 saturated carbocycles. The second kappa shape index (κ2) is 6.80. The number of nitriles is 1. The Morgan fingerprint density at radius 2 is 2.14 bits per heavy atom. The molecule has 0 radical (unpaired) electrons. The molecule has 1 aliphatic carbocycles. The summed E-state index contributed by atoms with van der Waals surface area (Å²) in [4.78, 5) is 0. The second-order valence-corrected chi connectivity index (χ2v) is 3.78. The first-order chi connectivity index (χ1) is 6.86. The number of hydrogen-bond donors (Lipinski definition) is 0. The van der Waals surface area contributed by atoms with Crippen LogP contribution in [0.1, 0.15) is 38.5 Å². The fourth-order valence-electron chi connectivity index (χ4n) is 1.87. The monoisotopic (exact) mass is 197 g/mol. The number of ether oxygens (including phenoxy) is 2. The topological polar surface area (TPSA) is 42.2 Å². The molecule has 1 rings (SSSR count). The third-order valence-electron chi connectivity index (χ3n) is 2.70. The van der Waals surface area contributed by atoms with E-state index in [1.54, 1.807) is 7.11 Å². The van der Waals surface area contributed by atoms with Gasteiger partial charge in [0.05, 0.1) is 18.3 Å². The first kappa shape index (κ1) is 11.5. The van der Waals surface area contributed by atoms with Crippen LogP contribution in [-0.4, -0.2) is 25.9 Å². The predicted octanol–water partition coefficient (Wildman–Crippen LogP) is 2.26. The van der Waals surface area contributed by atoms with Gasteiger partial charge in [-0.1, -0.05) is 0 Å². The van der Waals surface area contributed by atoms with E-state index in [1.165, 1.54) is 6.42 Å². The average Bonchev–Trinajstić information content (AvgIpc) is 2.25. The molecule has 3 heteroatoms. The summed E-state index contributed by atoms with van der Waals surface area (Å²) in [6, 6.07) is 2.12. The summed E-state index contributed by atoms with van der Waals surface area (Å²) in [6.07, 6.45) is 6.70. The Balaban J connectivity index is 2.08. The maximum atomic E-state index is 8.36. The van der Waals surface area contributed by atoms with Crippen LogP contribution in [0.4, 0.5) is 0 Å². The number of nitrogens with zero attached hydrogens (tertiary/aromatic N) is 1. The van der Waals surface area contributed by atoms with Crippen LogP contribution in [0.15, 0.2) is 0 Å². The van der Waals surface area contributed by atoms with Crippen LogP contribution in [0.5, 0.6) is 0 Å². The summed E-state index contributed by atoms with van der Waals surface area (Å²) in [5.74, 6) is 0. The number of rotatable bonds is 5. The summed E-state index contributed by atoms with van der Waals surface area (Å²) < 4.78 is 11.0. The van der Waals surface area contributed by atoms with Crippen molar-refractivity contribution in [2.75, 3.05) is 13.7 Å². The van der Waals surface area contributed by atoms with Crippen LogP contribution < -0.4 is 0 Å². The molecule has 0 aromatic heterocycles. The third-order valence-corrected chi connectivity index (χ3v) is 2.70. The molecule has 3 nitrogen and oxygen atoms in total. The SMILES string of the molecule is COC1CCCC(OCCCC#N)C1. The van der Waals surface area contributed by atoms with Crippen molar-refractivity contribution in [2.45, 2.75) is 50.7 Å². The lowest BCUT2D eigenvalue weighted by atomic mass is 9.95. The summed E-state index contributed by atoms with van der Waals surface area (Å²) in [5, 5.41) is 8.36. The van der Waals surface area contributed by atoms with Crippen molar-refractivity contribution >= 4 is 0 Å². The Kier molecular flexibility index (Phi) is 5.58. The van der Waals surface area contributed by atoms with Crippen LogP contribution in [-0.2, 0) is 9.47 Å². The van der Waals surface area contributed by atoms with Crippen LogP contribution in [0.2, 0.25) is 0 Å². The molecule has 2 atom stereocenters. The van der Waals surface area contributed by atoms with Gasteiger partial charge in [0, 0.05) is 20.1 Å². The van der Waals surface area contributed by atoms with E-state index in [0.717, 1.165) is 25.7 Å². The normalized spacial score (nSPS) is 27.1. The van der Waals surface area contributed by atoms with Crippen LogP contribution in [0.25, 0.3) is 0 Å². The highest BCUT2D eigenvalue weighted by atomic mass is 16.5. The molecule has 2 unspecified atom stereocenters. The third kappa shape index (κ3) is 4.08. The molecule has 1 aliphatic rings. The van der Waals surface area contributed by atoms with Crippen molar-refractivity contribution < 1.29 is 9.47 Å². The lowest BCUT2D eigenvalue weighted by molar-refractivity contribution is -0.0296. The molecule has 80 valence electrons. The average molecular weight is 197 g/mol. The molecule has 0 spiro atoms. The zero-order valence-corrected chi connectivity index (χ0v) is 8.87. The quantitative estimate of drug-likeness (QED) is 0.635. The molecule has 0 aromatic carbocycles. The molecule has 0 aliphatic heterocycles. The van der Waals surface area contributed by atoms with Crippen molar-refractivity contribution in [1.29, 1.82) is 5.26 Å². The van der Waals surface area contributed by atoms with Gasteiger partial charge in [0.15, 0.2) is 0 Å². The molecule has 1 fully saturated rings. The summed E-state index contributed by atoms with van der Waals surface area (Å²) >= 11 is 0. The maximum Gasteiger partial charge on any atom is 0.0622 e. The molecule has 0 aromatic rings. The maximum absolute atomic E-state index is 8.36. The lowest BCUT2D eigenvalue weighted by Gasteiger charge is -2.28. The fraction of sp³-hybridized carbons (Fsp3) is 0.909. The second-order valence-electron chi connectivity index (χ2n) is 3.78. The Morgan fingerprint density at radius 1 is 1.36 bits per heavy atom. The lowest BCUT2D eigenvalue weighted by Crippen LogP contribution is -2.27. The molecule has 0 bridgehead atoms. The molecule has 14 heavy (non-hydrogen) atoms. The highest BCUT2D eigenvalue weighted by molar-refractivity contribution is 4.74. The van der Waals surface area contributed by atoms with Crippen molar-refractivity contribution in [2.24, 2.45) is 0 Å². The predicted molar refractivity (Wildman–Crippen MR) is 53.9 cm³/mol. The van der Waals surface area contributed by atoms with E-state index < -0.39 is 0 Å². The largest absolute Gasteiger partial charge is 0.381 e. The summed E-state index contributed by atoms with van der Waals surface area (Å²) in [6.45, 7) is 0.717. The minimum atomic E-state index is 0.354. The molecule has 0 N–H and O–H groups in total. The van der Waals surface area contributed by atoms with Crippen molar-refractivity contribution in [3.05, 3.63) is 0 Å². The summed E-state index contributed by atoms with van der Waals surface area (Å²) in [5.41, 5.74) is 0. The van der Waals surface area contributed by atoms with Gasteiger partial charge in [-0.3, -0.25) is 0 Å². The molecule has 0 heterocycles. The van der Waals surface area contributed by atoms with Gasteiger partial charge in [-0.05, 0) is 32.1 Å². The molecular formula is C11H19NO2. The van der Waals surface area contributed by atoms with Crippen molar-refractivity contribution in [3.63, 3.8) is 0 Å². The number of unbranched alkanes of at least 4 members (excludes halogenated alkanes) is 1. The van der Waals surface area contributed by atoms with E-state index in [0.29, 0.717) is 25.2 Å². The van der Waals surface area contributed by atoms with Crippen molar-refractivity contribution in [3.8, 4) is 6.07 Å². The van der Waals surface area contributed by atoms with Gasteiger partial charge >= 0.3 is 0 Å². The Morgan fingerprint density at radius 3 is 2.86 bits per heavy atom. The van der Waals surface area contributed by atoms with E-state index in [-0.39, 0.29) is 0 Å². The zero-order chi connectivity index (χ0) is 10.2. The van der Waals surface area contributed by atoms with E-state index >= 15 is 0 Å². The van der Waals surface area contributed by atoms with Crippen molar-refractivity contribution in [1.82, 2.24) is 0 Å². The number of hydrogen-bond acceptors (Lipinski definition) is 3. The molecular weight excluding hydrogens is 178 g/mol. The van der Waals surface area contributed by atoms with Gasteiger partial charge in [-0.15, -0.1) is 0 Å². The van der Waals surface area contributed by atoms with E-state index in [1.807, 2.05) is 0 Å². The Hall–Kier alpha value is -0.590. The minimum absolute atomic E-state index is 0.354. The van der Waals surface area contributed by atoms with Gasteiger partial charge in [0.2, 0.25) is 0 Å². The fourth-order valence-corrected chi connectivity index (χ4v) is 1.87. The first-order valence-electron chi connectivity index (χ1n) is 5.38. The van der Waals surface area contributed by atoms with E-state index in [4.69, 9.17) is 14.7 Å². The zero-order valence-electron chi connectivity index (χ0n) is 8.87. The van der Waals surface area contributed by atoms with Crippen LogP contribution in [0.3, 0.4) is 0 Å². The standard InChI is InChI=1S/C11H19NO2/c1-13-10-5-4-6-11(9-10)14-8-3-2-7-12/h10-11H,2-6,8-9H2,1H3. The van der Waals surface area contributed by atoms with E-state index in [2.05, 4.69) is 6.07 Å². The van der Waals surface area contributed by atoms with Gasteiger partial charge in [-0.2, -0.15) is 5.26 Å². The smallest absolute Gasteiger partial charge is 0.0622 e. The number of methoxy groups -OCH3 is 1. The van der Waals surface area contributed by atoms with Gasteiger partial charge < -0.3 is 9.47 Å².